The summed E-state index contributed by atoms with van der Waals surface area (Å²) in [4.78, 5) is 25.4. The van der Waals surface area contributed by atoms with Crippen LogP contribution in [0.15, 0.2) is 53.9 Å². The number of alkyl halides is 3. The predicted octanol–water partition coefficient (Wildman–Crippen LogP) is 3.85. The number of halogens is 4. The van der Waals surface area contributed by atoms with Gasteiger partial charge in [-0.05, 0) is 30.4 Å². The standard InChI is InChI=1S/C17H13ClF3NO4/c1-25-15(23)11-5-3-4-8-22(14(11)16(24)26-2)13-7-6-10(9-12(13)18)17(19,20)21/h3-9H,1-2H3. The van der Waals surface area contributed by atoms with Gasteiger partial charge in [-0.15, -0.1) is 0 Å². The van der Waals surface area contributed by atoms with Crippen LogP contribution in [-0.2, 0) is 25.2 Å². The largest absolute Gasteiger partial charge is 0.465 e. The second-order valence-electron chi connectivity index (χ2n) is 4.98. The summed E-state index contributed by atoms with van der Waals surface area (Å²) in [5.41, 5.74) is -1.27. The quantitative estimate of drug-likeness (QED) is 0.737. The van der Waals surface area contributed by atoms with E-state index in [1.165, 1.54) is 29.3 Å². The number of benzene rings is 1. The molecule has 0 aromatic heterocycles. The predicted molar refractivity (Wildman–Crippen MR) is 88.3 cm³/mol. The van der Waals surface area contributed by atoms with Crippen LogP contribution >= 0.6 is 11.6 Å². The Morgan fingerprint density at radius 1 is 1.08 bits per heavy atom. The van der Waals surface area contributed by atoms with E-state index < -0.39 is 23.7 Å². The summed E-state index contributed by atoms with van der Waals surface area (Å²) in [6.07, 6.45) is 1.07. The Balaban J connectivity index is 2.66. The zero-order valence-corrected chi connectivity index (χ0v) is 14.4. The molecule has 1 aromatic rings. The summed E-state index contributed by atoms with van der Waals surface area (Å²) in [7, 11) is 2.24. The molecule has 1 aliphatic heterocycles. The lowest BCUT2D eigenvalue weighted by molar-refractivity contribution is -0.139. The van der Waals surface area contributed by atoms with E-state index in [2.05, 4.69) is 4.74 Å². The van der Waals surface area contributed by atoms with Gasteiger partial charge in [0.1, 0.15) is 5.70 Å². The Labute approximate surface area is 151 Å². The molecule has 9 heteroatoms. The molecule has 0 N–H and O–H groups in total. The van der Waals surface area contributed by atoms with Crippen LogP contribution in [0.3, 0.4) is 0 Å². The van der Waals surface area contributed by atoms with Crippen molar-refractivity contribution in [3.05, 3.63) is 64.5 Å². The number of anilines is 1. The highest BCUT2D eigenvalue weighted by atomic mass is 35.5. The summed E-state index contributed by atoms with van der Waals surface area (Å²) in [6.45, 7) is 0. The van der Waals surface area contributed by atoms with Crippen molar-refractivity contribution < 1.29 is 32.2 Å². The molecule has 1 aromatic carbocycles. The lowest BCUT2D eigenvalue weighted by atomic mass is 10.1. The molecule has 1 aliphatic rings. The number of esters is 2. The van der Waals surface area contributed by atoms with Crippen molar-refractivity contribution in [1.29, 1.82) is 0 Å². The molecular weight excluding hydrogens is 375 g/mol. The van der Waals surface area contributed by atoms with Crippen molar-refractivity contribution in [2.45, 2.75) is 6.18 Å². The molecule has 0 amide bonds. The van der Waals surface area contributed by atoms with Gasteiger partial charge in [-0.3, -0.25) is 0 Å². The highest BCUT2D eigenvalue weighted by molar-refractivity contribution is 6.33. The minimum atomic E-state index is -4.57. The van der Waals surface area contributed by atoms with E-state index in [4.69, 9.17) is 16.3 Å². The molecule has 0 atom stereocenters. The van der Waals surface area contributed by atoms with Crippen molar-refractivity contribution in [2.24, 2.45) is 0 Å². The summed E-state index contributed by atoms with van der Waals surface area (Å²) < 4.78 is 47.9. The molecule has 5 nitrogen and oxygen atoms in total. The van der Waals surface area contributed by atoms with Gasteiger partial charge in [-0.1, -0.05) is 17.7 Å². The maximum absolute atomic E-state index is 12.8. The second kappa shape index (κ2) is 7.65. The monoisotopic (exact) mass is 387 g/mol. The molecule has 0 saturated carbocycles. The molecule has 1 heterocycles. The van der Waals surface area contributed by atoms with Crippen molar-refractivity contribution >= 4 is 29.2 Å². The fourth-order valence-corrected chi connectivity index (χ4v) is 2.50. The molecular formula is C17H13ClF3NO4. The van der Waals surface area contributed by atoms with E-state index in [1.54, 1.807) is 0 Å². The third-order valence-electron chi connectivity index (χ3n) is 3.42. The van der Waals surface area contributed by atoms with Gasteiger partial charge in [0.25, 0.3) is 0 Å². The molecule has 0 fully saturated rings. The van der Waals surface area contributed by atoms with Gasteiger partial charge in [0.05, 0.1) is 36.1 Å². The highest BCUT2D eigenvalue weighted by Crippen LogP contribution is 2.37. The minimum absolute atomic E-state index is 0.0569. The number of hydrogen-bond donors (Lipinski definition) is 0. The summed E-state index contributed by atoms with van der Waals surface area (Å²) in [5.74, 6) is -1.71. The zero-order chi connectivity index (χ0) is 19.5. The first-order valence-corrected chi connectivity index (χ1v) is 7.50. The SMILES string of the molecule is COC(=O)C1=C(C(=O)OC)N(c2ccc(C(F)(F)F)cc2Cl)C=CC=C1. The Bertz CT molecular complexity index is 828. The zero-order valence-electron chi connectivity index (χ0n) is 13.6. The maximum Gasteiger partial charge on any atom is 0.416 e. The smallest absolute Gasteiger partial charge is 0.416 e. The van der Waals surface area contributed by atoms with Crippen molar-refractivity contribution in [1.82, 2.24) is 0 Å². The van der Waals surface area contributed by atoms with Crippen molar-refractivity contribution in [3.8, 4) is 0 Å². The molecule has 138 valence electrons. The summed E-state index contributed by atoms with van der Waals surface area (Å²) >= 11 is 6.01. The van der Waals surface area contributed by atoms with Crippen LogP contribution in [0.2, 0.25) is 5.02 Å². The number of hydrogen-bond acceptors (Lipinski definition) is 5. The summed E-state index contributed by atoms with van der Waals surface area (Å²) in [6, 6.07) is 2.65. The van der Waals surface area contributed by atoms with Gasteiger partial charge in [0, 0.05) is 6.20 Å². The highest BCUT2D eigenvalue weighted by Gasteiger charge is 2.33. The Morgan fingerprint density at radius 3 is 2.27 bits per heavy atom. The fraction of sp³-hybridized carbons (Fsp3) is 0.176. The first kappa shape index (κ1) is 19.6. The topological polar surface area (TPSA) is 55.8 Å². The van der Waals surface area contributed by atoms with Crippen LogP contribution in [0, 0.1) is 0 Å². The van der Waals surface area contributed by atoms with Crippen LogP contribution in [0.25, 0.3) is 0 Å². The van der Waals surface area contributed by atoms with Crippen LogP contribution in [0.4, 0.5) is 18.9 Å². The minimum Gasteiger partial charge on any atom is -0.465 e. The van der Waals surface area contributed by atoms with E-state index in [9.17, 15) is 22.8 Å². The van der Waals surface area contributed by atoms with Gasteiger partial charge in [-0.2, -0.15) is 13.2 Å². The normalized spacial score (nSPS) is 14.3. The van der Waals surface area contributed by atoms with Crippen molar-refractivity contribution in [3.63, 3.8) is 0 Å². The second-order valence-corrected chi connectivity index (χ2v) is 5.39. The molecule has 0 saturated heterocycles. The number of carbonyl (C=O) groups is 2. The van der Waals surface area contributed by atoms with E-state index in [0.29, 0.717) is 0 Å². The Kier molecular flexibility index (Phi) is 5.76. The average molecular weight is 388 g/mol. The molecule has 2 rings (SSSR count). The Morgan fingerprint density at radius 2 is 1.73 bits per heavy atom. The average Bonchev–Trinajstić information content (AvgIpc) is 2.82. The third kappa shape index (κ3) is 3.91. The number of methoxy groups -OCH3 is 2. The molecule has 0 spiro atoms. The van der Waals surface area contributed by atoms with Gasteiger partial charge >= 0.3 is 18.1 Å². The van der Waals surface area contributed by atoms with E-state index in [0.717, 1.165) is 32.4 Å². The number of carbonyl (C=O) groups excluding carboxylic acids is 2. The maximum atomic E-state index is 12.8. The van der Waals surface area contributed by atoms with Crippen LogP contribution in [0.1, 0.15) is 5.56 Å². The number of allylic oxidation sites excluding steroid dienone is 2. The number of nitrogens with zero attached hydrogens (tertiary/aromatic N) is 1. The van der Waals surface area contributed by atoms with E-state index >= 15 is 0 Å². The lowest BCUT2D eigenvalue weighted by Crippen LogP contribution is -2.27. The van der Waals surface area contributed by atoms with Gasteiger partial charge in [0.15, 0.2) is 0 Å². The van der Waals surface area contributed by atoms with E-state index in [1.807, 2.05) is 0 Å². The first-order valence-electron chi connectivity index (χ1n) is 7.12. The molecule has 0 unspecified atom stereocenters. The Hall–Kier alpha value is -2.74. The first-order chi connectivity index (χ1) is 12.2. The number of ether oxygens (including phenoxy) is 2. The molecule has 0 bridgehead atoms. The molecule has 0 radical (unpaired) electrons. The van der Waals surface area contributed by atoms with Crippen LogP contribution < -0.4 is 4.90 Å². The van der Waals surface area contributed by atoms with Gasteiger partial charge in [0.2, 0.25) is 0 Å². The third-order valence-corrected chi connectivity index (χ3v) is 3.73. The van der Waals surface area contributed by atoms with Crippen molar-refractivity contribution in [2.75, 3.05) is 19.1 Å². The lowest BCUT2D eigenvalue weighted by Gasteiger charge is -2.24. The van der Waals surface area contributed by atoms with E-state index in [-0.39, 0.29) is 22.0 Å². The van der Waals surface area contributed by atoms with Gasteiger partial charge in [-0.25, -0.2) is 9.59 Å². The van der Waals surface area contributed by atoms with Crippen LogP contribution in [0.5, 0.6) is 0 Å². The fourth-order valence-electron chi connectivity index (χ4n) is 2.23. The van der Waals surface area contributed by atoms with Crippen LogP contribution in [-0.4, -0.2) is 26.2 Å². The molecule has 26 heavy (non-hydrogen) atoms. The van der Waals surface area contributed by atoms with Gasteiger partial charge < -0.3 is 14.4 Å². The summed E-state index contributed by atoms with van der Waals surface area (Å²) in [5, 5.41) is -0.267. The molecule has 0 aliphatic carbocycles. The number of rotatable bonds is 3.